The molecule has 0 unspecified atom stereocenters. The number of nitro benzene ring substituents is 2. The van der Waals surface area contributed by atoms with E-state index in [-0.39, 0.29) is 12.4 Å². The van der Waals surface area contributed by atoms with E-state index < -0.39 is 32.8 Å². The Hall–Kier alpha value is -2.71. The van der Waals surface area contributed by atoms with E-state index in [0.29, 0.717) is 6.07 Å². The van der Waals surface area contributed by atoms with E-state index >= 15 is 0 Å². The molecule has 0 fully saturated rings. The molecule has 1 N–H and O–H groups in total. The number of carboxylic acid groups (broad SMARTS) is 1. The quantitative estimate of drug-likeness (QED) is 0.624. The van der Waals surface area contributed by atoms with Gasteiger partial charge in [0, 0.05) is 6.07 Å². The monoisotopic (exact) mass is 256 g/mol. The molecule has 0 saturated heterocycles. The van der Waals surface area contributed by atoms with Crippen LogP contribution in [0.15, 0.2) is 12.1 Å². The lowest BCUT2D eigenvalue weighted by atomic mass is 10.1. The standard InChI is InChI=1S/C9H8N2O7/c1-2-18-8-4-7(11(16)17)6(10(14)15)3-5(8)9(12)13/h3-4H,2H2,1H3,(H,12,13). The average Bonchev–Trinajstić information content (AvgIpc) is 2.28. The zero-order valence-electron chi connectivity index (χ0n) is 9.15. The minimum atomic E-state index is -1.46. The van der Waals surface area contributed by atoms with E-state index in [2.05, 4.69) is 0 Å². The van der Waals surface area contributed by atoms with E-state index in [1.165, 1.54) is 0 Å². The molecule has 0 spiro atoms. The third kappa shape index (κ3) is 2.51. The summed E-state index contributed by atoms with van der Waals surface area (Å²) in [6, 6.07) is 1.36. The lowest BCUT2D eigenvalue weighted by Crippen LogP contribution is -2.06. The van der Waals surface area contributed by atoms with Crippen molar-refractivity contribution in [3.63, 3.8) is 0 Å². The van der Waals surface area contributed by atoms with Crippen LogP contribution in [0, 0.1) is 20.2 Å². The van der Waals surface area contributed by atoms with Gasteiger partial charge in [-0.25, -0.2) is 4.79 Å². The highest BCUT2D eigenvalue weighted by atomic mass is 16.6. The number of carboxylic acids is 1. The number of nitrogens with zero attached hydrogens (tertiary/aromatic N) is 2. The number of rotatable bonds is 5. The van der Waals surface area contributed by atoms with Crippen molar-refractivity contribution in [2.24, 2.45) is 0 Å². The first-order chi connectivity index (χ1) is 8.38. The summed E-state index contributed by atoms with van der Waals surface area (Å²) in [5.41, 5.74) is -2.19. The Balaban J connectivity index is 3.54. The topological polar surface area (TPSA) is 133 Å². The molecule has 0 aliphatic carbocycles. The zero-order chi connectivity index (χ0) is 13.9. The number of hydrogen-bond donors (Lipinski definition) is 1. The van der Waals surface area contributed by atoms with Gasteiger partial charge in [0.1, 0.15) is 11.3 Å². The molecule has 1 aromatic rings. The van der Waals surface area contributed by atoms with E-state index in [9.17, 15) is 25.0 Å². The fraction of sp³-hybridized carbons (Fsp3) is 0.222. The summed E-state index contributed by atoms with van der Waals surface area (Å²) in [5.74, 6) is -1.74. The maximum absolute atomic E-state index is 10.9. The van der Waals surface area contributed by atoms with Gasteiger partial charge in [0.25, 0.3) is 0 Å². The third-order valence-corrected chi connectivity index (χ3v) is 2.00. The Labute approximate surface area is 99.9 Å². The molecule has 18 heavy (non-hydrogen) atoms. The fourth-order valence-electron chi connectivity index (χ4n) is 1.29. The molecule has 1 aromatic carbocycles. The maximum atomic E-state index is 10.9. The molecule has 0 aliphatic rings. The van der Waals surface area contributed by atoms with E-state index in [0.717, 1.165) is 6.07 Å². The summed E-state index contributed by atoms with van der Waals surface area (Å²) in [6.45, 7) is 1.63. The van der Waals surface area contributed by atoms with Gasteiger partial charge >= 0.3 is 17.3 Å². The molecular weight excluding hydrogens is 248 g/mol. The van der Waals surface area contributed by atoms with Crippen molar-refractivity contribution in [1.82, 2.24) is 0 Å². The predicted octanol–water partition coefficient (Wildman–Crippen LogP) is 1.60. The van der Waals surface area contributed by atoms with Crippen molar-refractivity contribution in [1.29, 1.82) is 0 Å². The Kier molecular flexibility index (Phi) is 3.77. The van der Waals surface area contributed by atoms with Crippen LogP contribution in [0.3, 0.4) is 0 Å². The van der Waals surface area contributed by atoms with Gasteiger partial charge < -0.3 is 9.84 Å². The van der Waals surface area contributed by atoms with Crippen molar-refractivity contribution in [3.8, 4) is 5.75 Å². The molecule has 0 bridgehead atoms. The van der Waals surface area contributed by atoms with Gasteiger partial charge in [0.15, 0.2) is 0 Å². The summed E-state index contributed by atoms with van der Waals surface area (Å²) in [5, 5.41) is 30.2. The first-order valence-corrected chi connectivity index (χ1v) is 4.71. The highest BCUT2D eigenvalue weighted by molar-refractivity contribution is 5.92. The van der Waals surface area contributed by atoms with Crippen molar-refractivity contribution < 1.29 is 24.5 Å². The van der Waals surface area contributed by atoms with Gasteiger partial charge in [-0.15, -0.1) is 0 Å². The normalized spacial score (nSPS) is 9.83. The highest BCUT2D eigenvalue weighted by Gasteiger charge is 2.29. The molecule has 0 atom stereocenters. The third-order valence-electron chi connectivity index (χ3n) is 2.00. The molecule has 9 nitrogen and oxygen atoms in total. The zero-order valence-corrected chi connectivity index (χ0v) is 9.15. The van der Waals surface area contributed by atoms with E-state index in [1.807, 2.05) is 0 Å². The van der Waals surface area contributed by atoms with E-state index in [4.69, 9.17) is 9.84 Å². The summed E-state index contributed by atoms with van der Waals surface area (Å²) >= 11 is 0. The number of nitro groups is 2. The second-order valence-electron chi connectivity index (χ2n) is 3.09. The lowest BCUT2D eigenvalue weighted by Gasteiger charge is -2.06. The predicted molar refractivity (Wildman–Crippen MR) is 57.9 cm³/mol. The number of carbonyl (C=O) groups is 1. The smallest absolute Gasteiger partial charge is 0.349 e. The van der Waals surface area contributed by atoms with Gasteiger partial charge in [-0.2, -0.15) is 0 Å². The minimum Gasteiger partial charge on any atom is -0.493 e. The Morgan fingerprint density at radius 2 is 1.78 bits per heavy atom. The molecule has 0 radical (unpaired) electrons. The number of ether oxygens (including phenoxy) is 1. The van der Waals surface area contributed by atoms with Crippen molar-refractivity contribution in [2.75, 3.05) is 6.61 Å². The number of hydrogen-bond acceptors (Lipinski definition) is 6. The van der Waals surface area contributed by atoms with Crippen LogP contribution in [0.5, 0.6) is 5.75 Å². The van der Waals surface area contributed by atoms with Gasteiger partial charge in [-0.3, -0.25) is 20.2 Å². The Morgan fingerprint density at radius 3 is 2.17 bits per heavy atom. The minimum absolute atomic E-state index is 0.0786. The van der Waals surface area contributed by atoms with Gasteiger partial charge in [0.2, 0.25) is 0 Å². The first kappa shape index (κ1) is 13.4. The molecule has 0 amide bonds. The molecule has 0 aliphatic heterocycles. The average molecular weight is 256 g/mol. The van der Waals surface area contributed by atoms with Crippen molar-refractivity contribution in [3.05, 3.63) is 37.9 Å². The van der Waals surface area contributed by atoms with Crippen LogP contribution < -0.4 is 4.74 Å². The Morgan fingerprint density at radius 1 is 1.28 bits per heavy atom. The van der Waals surface area contributed by atoms with Crippen LogP contribution in [0.4, 0.5) is 11.4 Å². The molecule has 96 valence electrons. The summed E-state index contributed by atoms with van der Waals surface area (Å²) in [6.07, 6.45) is 0. The first-order valence-electron chi connectivity index (χ1n) is 4.71. The van der Waals surface area contributed by atoms with Crippen molar-refractivity contribution in [2.45, 2.75) is 6.92 Å². The Bertz CT molecular complexity index is 526. The van der Waals surface area contributed by atoms with Gasteiger partial charge in [-0.1, -0.05) is 0 Å². The van der Waals surface area contributed by atoms with E-state index in [1.54, 1.807) is 6.92 Å². The molecule has 0 aromatic heterocycles. The second-order valence-corrected chi connectivity index (χ2v) is 3.09. The van der Waals surface area contributed by atoms with Crippen LogP contribution in [0.2, 0.25) is 0 Å². The SMILES string of the molecule is CCOc1cc([N+](=O)[O-])c([N+](=O)[O-])cc1C(=O)O. The van der Waals surface area contributed by atoms with Crippen LogP contribution in [-0.2, 0) is 0 Å². The van der Waals surface area contributed by atoms with Gasteiger partial charge in [0.05, 0.1) is 22.5 Å². The maximum Gasteiger partial charge on any atom is 0.349 e. The molecule has 9 heteroatoms. The summed E-state index contributed by atoms with van der Waals surface area (Å²) in [4.78, 5) is 30.2. The number of aromatic carboxylic acids is 1. The molecule has 0 saturated carbocycles. The number of benzene rings is 1. The van der Waals surface area contributed by atoms with Crippen LogP contribution in [-0.4, -0.2) is 27.5 Å². The molecule has 0 heterocycles. The van der Waals surface area contributed by atoms with Crippen molar-refractivity contribution >= 4 is 17.3 Å². The summed E-state index contributed by atoms with van der Waals surface area (Å²) < 4.78 is 4.92. The molecular formula is C9H8N2O7. The van der Waals surface area contributed by atoms with Crippen LogP contribution in [0.1, 0.15) is 17.3 Å². The van der Waals surface area contributed by atoms with Gasteiger partial charge in [-0.05, 0) is 6.92 Å². The largest absolute Gasteiger partial charge is 0.493 e. The van der Waals surface area contributed by atoms with Crippen LogP contribution >= 0.6 is 0 Å². The van der Waals surface area contributed by atoms with Crippen LogP contribution in [0.25, 0.3) is 0 Å². The second kappa shape index (κ2) is 5.08. The lowest BCUT2D eigenvalue weighted by molar-refractivity contribution is -0.422. The molecule has 1 rings (SSSR count). The summed E-state index contributed by atoms with van der Waals surface area (Å²) in [7, 11) is 0. The highest BCUT2D eigenvalue weighted by Crippen LogP contribution is 2.34. The fourth-order valence-corrected chi connectivity index (χ4v) is 1.29.